The second-order valence-corrected chi connectivity index (χ2v) is 8.71. The Balaban J connectivity index is 1.83. The second-order valence-electron chi connectivity index (χ2n) is 7.06. The van der Waals surface area contributed by atoms with Crippen LogP contribution in [-0.4, -0.2) is 44.9 Å². The number of carbonyl (C=O) groups excluding carboxylic acids is 1. The van der Waals surface area contributed by atoms with Crippen LogP contribution in [0.25, 0.3) is 0 Å². The average Bonchev–Trinajstić information content (AvgIpc) is 2.63. The number of hydrogen-bond donors (Lipinski definition) is 2. The van der Waals surface area contributed by atoms with E-state index in [1.807, 2.05) is 19.9 Å². The zero-order chi connectivity index (χ0) is 19.6. The summed E-state index contributed by atoms with van der Waals surface area (Å²) in [6.45, 7) is 7.69. The fourth-order valence-corrected chi connectivity index (χ4v) is 4.60. The van der Waals surface area contributed by atoms with Crippen molar-refractivity contribution in [3.63, 3.8) is 0 Å². The minimum Gasteiger partial charge on any atom is -0.336 e. The van der Waals surface area contributed by atoms with Crippen LogP contribution in [0.4, 0.5) is 5.69 Å². The van der Waals surface area contributed by atoms with Crippen molar-refractivity contribution >= 4 is 21.6 Å². The maximum atomic E-state index is 12.8. The van der Waals surface area contributed by atoms with Crippen LogP contribution in [0.5, 0.6) is 0 Å². The molecule has 0 bridgehead atoms. The summed E-state index contributed by atoms with van der Waals surface area (Å²) < 4.78 is 28.2. The average molecular weight is 388 g/mol. The molecule has 7 heteroatoms. The molecule has 27 heavy (non-hydrogen) atoms. The Morgan fingerprint density at radius 3 is 2.70 bits per heavy atom. The summed E-state index contributed by atoms with van der Waals surface area (Å²) in [5, 5.41) is 3.30. The van der Waals surface area contributed by atoms with Gasteiger partial charge in [-0.1, -0.05) is 18.2 Å². The van der Waals surface area contributed by atoms with E-state index in [-0.39, 0.29) is 16.8 Å². The number of nitrogens with one attached hydrogen (secondary N) is 2. The summed E-state index contributed by atoms with van der Waals surface area (Å²) in [5.74, 6) is -0.0869. The Bertz CT molecular complexity index is 957. The summed E-state index contributed by atoms with van der Waals surface area (Å²) in [5.41, 5.74) is 2.41. The molecule has 2 aromatic rings. The number of piperazine rings is 1. The van der Waals surface area contributed by atoms with E-state index in [4.69, 9.17) is 0 Å². The largest absolute Gasteiger partial charge is 0.336 e. The molecule has 1 amide bonds. The number of anilines is 1. The minimum atomic E-state index is -3.73. The van der Waals surface area contributed by atoms with Gasteiger partial charge in [-0.2, -0.15) is 0 Å². The van der Waals surface area contributed by atoms with Gasteiger partial charge in [-0.05, 0) is 56.2 Å². The molecule has 144 valence electrons. The molecule has 0 saturated carbocycles. The van der Waals surface area contributed by atoms with Crippen molar-refractivity contribution in [2.24, 2.45) is 0 Å². The van der Waals surface area contributed by atoms with E-state index in [9.17, 15) is 13.2 Å². The van der Waals surface area contributed by atoms with Gasteiger partial charge in [-0.15, -0.1) is 0 Å². The van der Waals surface area contributed by atoms with Crippen molar-refractivity contribution in [3.8, 4) is 0 Å². The molecule has 1 unspecified atom stereocenters. The van der Waals surface area contributed by atoms with E-state index in [1.165, 1.54) is 0 Å². The predicted octanol–water partition coefficient (Wildman–Crippen LogP) is 2.54. The number of aryl methyl sites for hydroxylation is 2. The summed E-state index contributed by atoms with van der Waals surface area (Å²) >= 11 is 0. The molecule has 0 aromatic heterocycles. The highest BCUT2D eigenvalue weighted by Crippen LogP contribution is 2.22. The Morgan fingerprint density at radius 1 is 1.19 bits per heavy atom. The standard InChI is InChI=1S/C20H25N3O3S/c1-14-7-8-15(2)19(11-14)27(25,26)22-18-6-4-5-17(12-18)20(24)23-10-9-21-16(3)13-23/h4-8,11-12,16,21-22H,9-10,13H2,1-3H3. The number of carbonyl (C=O) groups is 1. The topological polar surface area (TPSA) is 78.5 Å². The van der Waals surface area contributed by atoms with Gasteiger partial charge < -0.3 is 10.2 Å². The van der Waals surface area contributed by atoms with Gasteiger partial charge in [0.1, 0.15) is 0 Å². The molecule has 1 aliphatic heterocycles. The molecule has 1 atom stereocenters. The zero-order valence-corrected chi connectivity index (χ0v) is 16.6. The zero-order valence-electron chi connectivity index (χ0n) is 15.8. The van der Waals surface area contributed by atoms with Gasteiger partial charge in [0.15, 0.2) is 0 Å². The maximum absolute atomic E-state index is 12.8. The van der Waals surface area contributed by atoms with Gasteiger partial charge in [0, 0.05) is 36.9 Å². The van der Waals surface area contributed by atoms with Crippen LogP contribution in [0.2, 0.25) is 0 Å². The molecular formula is C20H25N3O3S. The first-order valence-electron chi connectivity index (χ1n) is 8.99. The van der Waals surface area contributed by atoms with E-state index in [2.05, 4.69) is 10.0 Å². The Kier molecular flexibility index (Phi) is 5.53. The lowest BCUT2D eigenvalue weighted by Crippen LogP contribution is -2.51. The van der Waals surface area contributed by atoms with Gasteiger partial charge in [0.2, 0.25) is 0 Å². The van der Waals surface area contributed by atoms with E-state index >= 15 is 0 Å². The number of nitrogens with zero attached hydrogens (tertiary/aromatic N) is 1. The summed E-state index contributed by atoms with van der Waals surface area (Å²) in [6.07, 6.45) is 0. The third-order valence-corrected chi connectivity index (χ3v) is 6.17. The summed E-state index contributed by atoms with van der Waals surface area (Å²) in [6, 6.07) is 12.2. The van der Waals surface area contributed by atoms with Crippen LogP contribution in [0.15, 0.2) is 47.4 Å². The van der Waals surface area contributed by atoms with Crippen LogP contribution < -0.4 is 10.0 Å². The van der Waals surface area contributed by atoms with E-state index < -0.39 is 10.0 Å². The van der Waals surface area contributed by atoms with Gasteiger partial charge in [0.05, 0.1) is 4.90 Å². The van der Waals surface area contributed by atoms with Gasteiger partial charge in [-0.3, -0.25) is 9.52 Å². The monoisotopic (exact) mass is 387 g/mol. The van der Waals surface area contributed by atoms with Gasteiger partial charge in [-0.25, -0.2) is 8.42 Å². The third kappa shape index (κ3) is 4.48. The number of hydrogen-bond acceptors (Lipinski definition) is 4. The number of rotatable bonds is 4. The number of amides is 1. The van der Waals surface area contributed by atoms with E-state index in [0.29, 0.717) is 29.9 Å². The third-order valence-electron chi connectivity index (χ3n) is 4.65. The molecule has 1 saturated heterocycles. The van der Waals surface area contributed by atoms with Crippen molar-refractivity contribution in [3.05, 3.63) is 59.2 Å². The fourth-order valence-electron chi connectivity index (χ4n) is 3.22. The summed E-state index contributed by atoms with van der Waals surface area (Å²) in [4.78, 5) is 14.8. The van der Waals surface area contributed by atoms with Gasteiger partial charge in [0.25, 0.3) is 15.9 Å². The second kappa shape index (κ2) is 7.70. The molecular weight excluding hydrogens is 362 g/mol. The molecule has 6 nitrogen and oxygen atoms in total. The van der Waals surface area contributed by atoms with Crippen LogP contribution >= 0.6 is 0 Å². The van der Waals surface area contributed by atoms with E-state index in [0.717, 1.165) is 12.1 Å². The molecule has 2 N–H and O–H groups in total. The molecule has 0 aliphatic carbocycles. The SMILES string of the molecule is Cc1ccc(C)c(S(=O)(=O)Nc2cccc(C(=O)N3CCNC(C)C3)c2)c1. The van der Waals surface area contributed by atoms with Crippen molar-refractivity contribution in [1.29, 1.82) is 0 Å². The molecule has 1 heterocycles. The molecule has 2 aromatic carbocycles. The predicted molar refractivity (Wildman–Crippen MR) is 107 cm³/mol. The first-order chi connectivity index (χ1) is 12.8. The highest BCUT2D eigenvalue weighted by atomic mass is 32.2. The fraction of sp³-hybridized carbons (Fsp3) is 0.350. The molecule has 1 aliphatic rings. The van der Waals surface area contributed by atoms with Crippen LogP contribution in [-0.2, 0) is 10.0 Å². The first-order valence-corrected chi connectivity index (χ1v) is 10.5. The first kappa shape index (κ1) is 19.4. The molecule has 0 radical (unpaired) electrons. The van der Waals surface area contributed by atoms with Crippen LogP contribution in [0.3, 0.4) is 0 Å². The Labute approximate surface area is 160 Å². The normalized spacial score (nSPS) is 17.6. The lowest BCUT2D eigenvalue weighted by Gasteiger charge is -2.32. The highest BCUT2D eigenvalue weighted by Gasteiger charge is 2.22. The van der Waals surface area contributed by atoms with Gasteiger partial charge >= 0.3 is 0 Å². The highest BCUT2D eigenvalue weighted by molar-refractivity contribution is 7.92. The number of sulfonamides is 1. The lowest BCUT2D eigenvalue weighted by molar-refractivity contribution is 0.0709. The number of benzene rings is 2. The lowest BCUT2D eigenvalue weighted by atomic mass is 10.1. The van der Waals surface area contributed by atoms with Crippen LogP contribution in [0, 0.1) is 13.8 Å². The quantitative estimate of drug-likeness (QED) is 0.845. The van der Waals surface area contributed by atoms with Crippen molar-refractivity contribution in [1.82, 2.24) is 10.2 Å². The van der Waals surface area contributed by atoms with Crippen molar-refractivity contribution < 1.29 is 13.2 Å². The molecule has 3 rings (SSSR count). The Morgan fingerprint density at radius 2 is 1.96 bits per heavy atom. The Hall–Kier alpha value is -2.38. The van der Waals surface area contributed by atoms with E-state index in [1.54, 1.807) is 48.2 Å². The summed E-state index contributed by atoms with van der Waals surface area (Å²) in [7, 11) is -3.73. The maximum Gasteiger partial charge on any atom is 0.262 e. The molecule has 0 spiro atoms. The minimum absolute atomic E-state index is 0.0869. The van der Waals surface area contributed by atoms with Crippen molar-refractivity contribution in [2.45, 2.75) is 31.7 Å². The van der Waals surface area contributed by atoms with Crippen LogP contribution in [0.1, 0.15) is 28.4 Å². The molecule has 1 fully saturated rings. The van der Waals surface area contributed by atoms with Crippen molar-refractivity contribution in [2.75, 3.05) is 24.4 Å². The smallest absolute Gasteiger partial charge is 0.262 e.